The summed E-state index contributed by atoms with van der Waals surface area (Å²) < 4.78 is 2.04. The van der Waals surface area contributed by atoms with E-state index in [1.807, 2.05) is 23.7 Å². The first-order valence-electron chi connectivity index (χ1n) is 7.40. The Hall–Kier alpha value is -2.50. The molecule has 0 amide bonds. The maximum atomic E-state index is 4.37. The van der Waals surface area contributed by atoms with Gasteiger partial charge in [-0.1, -0.05) is 26.0 Å². The summed E-state index contributed by atoms with van der Waals surface area (Å²) in [7, 11) is 2.00. The molecule has 0 aliphatic carbocycles. The van der Waals surface area contributed by atoms with E-state index in [4.69, 9.17) is 0 Å². The van der Waals surface area contributed by atoms with Crippen LogP contribution in [-0.4, -0.2) is 24.7 Å². The number of hydrogen-bond donors (Lipinski definition) is 1. The maximum absolute atomic E-state index is 4.37. The molecule has 6 heteroatoms. The van der Waals surface area contributed by atoms with Crippen molar-refractivity contribution in [3.8, 4) is 0 Å². The zero-order chi connectivity index (χ0) is 15.7. The van der Waals surface area contributed by atoms with Crippen molar-refractivity contribution in [2.45, 2.75) is 33.2 Å². The van der Waals surface area contributed by atoms with Gasteiger partial charge in [-0.05, 0) is 18.6 Å². The molecule has 114 valence electrons. The fourth-order valence-corrected chi connectivity index (χ4v) is 2.61. The van der Waals surface area contributed by atoms with Crippen molar-refractivity contribution in [1.82, 2.24) is 24.7 Å². The summed E-state index contributed by atoms with van der Waals surface area (Å²) in [4.78, 5) is 8.69. The molecule has 0 saturated carbocycles. The molecule has 1 aromatic carbocycles. The van der Waals surface area contributed by atoms with Gasteiger partial charge in [0.15, 0.2) is 5.82 Å². The predicted octanol–water partition coefficient (Wildman–Crippen LogP) is 2.80. The molecule has 0 bridgehead atoms. The van der Waals surface area contributed by atoms with Crippen molar-refractivity contribution in [3.05, 3.63) is 41.7 Å². The smallest absolute Gasteiger partial charge is 0.152 e. The van der Waals surface area contributed by atoms with Crippen LogP contribution in [0.4, 0.5) is 5.82 Å². The normalized spacial score (nSPS) is 11.3. The Morgan fingerprint density at radius 3 is 2.73 bits per heavy atom. The van der Waals surface area contributed by atoms with E-state index in [0.717, 1.165) is 33.9 Å². The second kappa shape index (κ2) is 5.71. The van der Waals surface area contributed by atoms with E-state index < -0.39 is 0 Å². The highest BCUT2D eigenvalue weighted by atomic mass is 15.3. The molecule has 0 spiro atoms. The summed E-state index contributed by atoms with van der Waals surface area (Å²) in [6, 6.07) is 6.07. The van der Waals surface area contributed by atoms with Crippen LogP contribution in [0.3, 0.4) is 0 Å². The largest absolute Gasteiger partial charge is 0.362 e. The number of anilines is 1. The summed E-state index contributed by atoms with van der Waals surface area (Å²) in [5.74, 6) is 3.06. The van der Waals surface area contributed by atoms with Crippen LogP contribution < -0.4 is 5.32 Å². The Bertz CT molecular complexity index is 800. The minimum atomic E-state index is 0.355. The number of fused-ring (bicyclic) bond motifs is 1. The molecule has 0 unspecified atom stereocenters. The van der Waals surface area contributed by atoms with E-state index in [1.54, 1.807) is 6.33 Å². The molecule has 3 rings (SSSR count). The van der Waals surface area contributed by atoms with Crippen LogP contribution in [0.2, 0.25) is 0 Å². The fraction of sp³-hybridized carbons (Fsp3) is 0.375. The van der Waals surface area contributed by atoms with Crippen LogP contribution in [0.5, 0.6) is 0 Å². The third-order valence-corrected chi connectivity index (χ3v) is 3.80. The molecule has 2 heterocycles. The van der Waals surface area contributed by atoms with Gasteiger partial charge in [-0.25, -0.2) is 9.97 Å². The molecular formula is C16H20N6. The highest BCUT2D eigenvalue weighted by Crippen LogP contribution is 2.23. The fourth-order valence-electron chi connectivity index (χ4n) is 2.61. The molecule has 0 atom stereocenters. The van der Waals surface area contributed by atoms with Crippen molar-refractivity contribution in [1.29, 1.82) is 0 Å². The number of rotatable bonds is 4. The van der Waals surface area contributed by atoms with Gasteiger partial charge in [0.05, 0.1) is 12.1 Å². The van der Waals surface area contributed by atoms with Crippen LogP contribution in [-0.2, 0) is 13.6 Å². The number of aromatic nitrogens is 5. The van der Waals surface area contributed by atoms with Crippen molar-refractivity contribution >= 4 is 16.7 Å². The topological polar surface area (TPSA) is 68.5 Å². The van der Waals surface area contributed by atoms with Gasteiger partial charge in [-0.15, -0.1) is 10.2 Å². The second-order valence-electron chi connectivity index (χ2n) is 5.73. The van der Waals surface area contributed by atoms with E-state index in [9.17, 15) is 0 Å². The van der Waals surface area contributed by atoms with Crippen LogP contribution in [0, 0.1) is 6.92 Å². The van der Waals surface area contributed by atoms with Gasteiger partial charge >= 0.3 is 0 Å². The first-order chi connectivity index (χ1) is 10.6. The average Bonchev–Trinajstić information content (AvgIpc) is 2.86. The van der Waals surface area contributed by atoms with E-state index in [2.05, 4.69) is 52.3 Å². The Morgan fingerprint density at radius 1 is 1.18 bits per heavy atom. The molecule has 0 aliphatic heterocycles. The number of nitrogens with one attached hydrogen (secondary N) is 1. The average molecular weight is 296 g/mol. The Balaban J connectivity index is 1.89. The zero-order valence-corrected chi connectivity index (χ0v) is 13.3. The van der Waals surface area contributed by atoms with Gasteiger partial charge in [0.1, 0.15) is 18.0 Å². The molecule has 6 nitrogen and oxygen atoms in total. The number of nitrogens with zero attached hydrogens (tertiary/aromatic N) is 5. The lowest BCUT2D eigenvalue weighted by atomic mass is 10.1. The molecule has 0 aliphatic rings. The third-order valence-electron chi connectivity index (χ3n) is 3.80. The maximum Gasteiger partial charge on any atom is 0.152 e. The van der Waals surface area contributed by atoms with E-state index in [1.165, 1.54) is 0 Å². The number of hydrogen-bond acceptors (Lipinski definition) is 5. The first kappa shape index (κ1) is 14.4. The number of benzene rings is 1. The van der Waals surface area contributed by atoms with Crippen LogP contribution in [0.25, 0.3) is 10.9 Å². The summed E-state index contributed by atoms with van der Waals surface area (Å²) in [5, 5.41) is 12.9. The van der Waals surface area contributed by atoms with Crippen molar-refractivity contribution in [2.24, 2.45) is 7.05 Å². The molecular weight excluding hydrogens is 276 g/mol. The van der Waals surface area contributed by atoms with Crippen LogP contribution in [0.15, 0.2) is 24.5 Å². The van der Waals surface area contributed by atoms with Crippen molar-refractivity contribution in [2.75, 3.05) is 5.32 Å². The minimum absolute atomic E-state index is 0.355. The molecule has 0 saturated heterocycles. The number of aryl methyl sites for hydroxylation is 1. The van der Waals surface area contributed by atoms with E-state index in [0.29, 0.717) is 12.5 Å². The lowest BCUT2D eigenvalue weighted by molar-refractivity contribution is 0.692. The molecule has 1 N–H and O–H groups in total. The highest BCUT2D eigenvalue weighted by molar-refractivity contribution is 5.91. The van der Waals surface area contributed by atoms with Gasteiger partial charge < -0.3 is 9.88 Å². The molecule has 0 fully saturated rings. The van der Waals surface area contributed by atoms with Gasteiger partial charge in [0.2, 0.25) is 0 Å². The molecule has 3 aromatic rings. The quantitative estimate of drug-likeness (QED) is 0.801. The lowest BCUT2D eigenvalue weighted by Crippen LogP contribution is -2.09. The third kappa shape index (κ3) is 2.52. The Labute approximate surface area is 129 Å². The SMILES string of the molecule is Cc1cccc2ncnc(NCc3nnc(C(C)C)n3C)c12. The van der Waals surface area contributed by atoms with Gasteiger partial charge in [0, 0.05) is 18.4 Å². The van der Waals surface area contributed by atoms with Gasteiger partial charge in [0.25, 0.3) is 0 Å². The highest BCUT2D eigenvalue weighted by Gasteiger charge is 2.12. The Morgan fingerprint density at radius 2 is 2.00 bits per heavy atom. The second-order valence-corrected chi connectivity index (χ2v) is 5.73. The standard InChI is InChI=1S/C16H20N6/c1-10(2)16-21-20-13(22(16)4)8-17-15-14-11(3)6-5-7-12(14)18-9-19-15/h5-7,9-10H,8H2,1-4H3,(H,17,18,19). The zero-order valence-electron chi connectivity index (χ0n) is 13.3. The van der Waals surface area contributed by atoms with E-state index in [-0.39, 0.29) is 0 Å². The monoisotopic (exact) mass is 296 g/mol. The predicted molar refractivity (Wildman–Crippen MR) is 86.7 cm³/mol. The van der Waals surface area contributed by atoms with Crippen LogP contribution >= 0.6 is 0 Å². The summed E-state index contributed by atoms with van der Waals surface area (Å²) in [5.41, 5.74) is 2.10. The molecule has 0 radical (unpaired) electrons. The summed E-state index contributed by atoms with van der Waals surface area (Å²) in [6.07, 6.45) is 1.58. The first-order valence-corrected chi connectivity index (χ1v) is 7.40. The van der Waals surface area contributed by atoms with Gasteiger partial charge in [-0.3, -0.25) is 0 Å². The summed E-state index contributed by atoms with van der Waals surface area (Å²) in [6.45, 7) is 6.87. The van der Waals surface area contributed by atoms with E-state index >= 15 is 0 Å². The van der Waals surface area contributed by atoms with Crippen molar-refractivity contribution < 1.29 is 0 Å². The summed E-state index contributed by atoms with van der Waals surface area (Å²) >= 11 is 0. The van der Waals surface area contributed by atoms with Gasteiger partial charge in [-0.2, -0.15) is 0 Å². The Kier molecular flexibility index (Phi) is 3.75. The lowest BCUT2D eigenvalue weighted by Gasteiger charge is -2.10. The minimum Gasteiger partial charge on any atom is -0.362 e. The van der Waals surface area contributed by atoms with Crippen LogP contribution in [0.1, 0.15) is 37.0 Å². The van der Waals surface area contributed by atoms with Crippen molar-refractivity contribution in [3.63, 3.8) is 0 Å². The molecule has 2 aromatic heterocycles. The molecule has 22 heavy (non-hydrogen) atoms.